The Bertz CT molecular complexity index is 383. The molecule has 0 aromatic heterocycles. The van der Waals surface area contributed by atoms with E-state index >= 15 is 0 Å². The lowest BCUT2D eigenvalue weighted by molar-refractivity contribution is -0.118. The van der Waals surface area contributed by atoms with Crippen molar-refractivity contribution in [3.8, 4) is 0 Å². The molecule has 0 saturated carbocycles. The summed E-state index contributed by atoms with van der Waals surface area (Å²) in [6, 6.07) is -0.832. The van der Waals surface area contributed by atoms with Crippen molar-refractivity contribution in [3.63, 3.8) is 0 Å². The Hall–Kier alpha value is -1.03. The Morgan fingerprint density at radius 1 is 1.56 bits per heavy atom. The molecule has 0 aliphatic carbocycles. The lowest BCUT2D eigenvalue weighted by Gasteiger charge is -2.26. The van der Waals surface area contributed by atoms with Crippen molar-refractivity contribution < 1.29 is 14.3 Å². The van der Waals surface area contributed by atoms with Gasteiger partial charge in [0, 0.05) is 11.5 Å². The predicted octanol–water partition coefficient (Wildman–Crippen LogP) is 2.07. The fourth-order valence-electron chi connectivity index (χ4n) is 2.02. The Morgan fingerprint density at radius 3 is 2.62 bits per heavy atom. The Kier molecular flexibility index (Phi) is 2.49. The number of halogens is 1. The highest BCUT2D eigenvalue weighted by Crippen LogP contribution is 2.37. The molecule has 0 aromatic rings. The zero-order valence-corrected chi connectivity index (χ0v) is 10.2. The van der Waals surface area contributed by atoms with E-state index in [0.717, 1.165) is 0 Å². The van der Waals surface area contributed by atoms with E-state index in [9.17, 15) is 9.59 Å². The van der Waals surface area contributed by atoms with Crippen LogP contribution in [0.3, 0.4) is 0 Å². The van der Waals surface area contributed by atoms with Gasteiger partial charge < -0.3 is 4.74 Å². The van der Waals surface area contributed by atoms with Crippen molar-refractivity contribution >= 4 is 23.5 Å². The van der Waals surface area contributed by atoms with Crippen LogP contribution in [-0.2, 0) is 9.53 Å². The average molecular weight is 244 g/mol. The van der Waals surface area contributed by atoms with Crippen molar-refractivity contribution in [1.82, 2.24) is 4.90 Å². The van der Waals surface area contributed by atoms with Crippen LogP contribution in [0.1, 0.15) is 27.2 Å². The van der Waals surface area contributed by atoms with E-state index < -0.39 is 17.7 Å². The minimum absolute atomic E-state index is 0.0108. The third-order valence-corrected chi connectivity index (χ3v) is 2.90. The highest BCUT2D eigenvalue weighted by Gasteiger charge is 2.49. The number of hydrogen-bond acceptors (Lipinski definition) is 3. The maximum absolute atomic E-state index is 11.9. The fraction of sp³-hybridized carbons (Fsp3) is 0.636. The molecule has 88 valence electrons. The van der Waals surface area contributed by atoms with E-state index in [4.69, 9.17) is 16.3 Å². The molecular formula is C11H14ClNO3. The summed E-state index contributed by atoms with van der Waals surface area (Å²) >= 11 is 5.90. The fourth-order valence-corrected chi connectivity index (χ4v) is 2.39. The first-order chi connectivity index (χ1) is 7.29. The number of carbonyl (C=O) groups excluding carboxylic acids is 2. The van der Waals surface area contributed by atoms with Gasteiger partial charge in [0.2, 0.25) is 0 Å². The molecule has 16 heavy (non-hydrogen) atoms. The first kappa shape index (κ1) is 11.5. The standard InChI is InChI=1S/C11H14ClNO3/c1-11(2,3)16-10(15)13-6-4-7(12)9(13)8(14)5-6/h4,6,9H,5H2,1-3H3. The van der Waals surface area contributed by atoms with Crippen LogP contribution in [-0.4, -0.2) is 34.5 Å². The van der Waals surface area contributed by atoms with Gasteiger partial charge in [-0.2, -0.15) is 0 Å². The SMILES string of the molecule is CC(C)(C)OC(=O)N1C2C=C(Cl)C1C(=O)C2. The first-order valence-electron chi connectivity index (χ1n) is 5.21. The molecule has 2 bridgehead atoms. The number of ether oxygens (including phenoxy) is 1. The molecule has 2 aliphatic rings. The highest BCUT2D eigenvalue weighted by molar-refractivity contribution is 6.33. The van der Waals surface area contributed by atoms with Crippen LogP contribution in [0.15, 0.2) is 11.1 Å². The molecule has 5 heteroatoms. The number of nitrogens with zero attached hydrogens (tertiary/aromatic N) is 1. The van der Waals surface area contributed by atoms with Crippen LogP contribution in [0.4, 0.5) is 4.79 Å². The van der Waals surface area contributed by atoms with Crippen LogP contribution in [0.25, 0.3) is 0 Å². The van der Waals surface area contributed by atoms with E-state index in [0.29, 0.717) is 11.5 Å². The molecule has 1 fully saturated rings. The number of hydrogen-bond donors (Lipinski definition) is 0. The van der Waals surface area contributed by atoms with Crippen LogP contribution in [0.5, 0.6) is 0 Å². The maximum atomic E-state index is 11.9. The first-order valence-corrected chi connectivity index (χ1v) is 5.58. The third kappa shape index (κ3) is 1.82. The second kappa shape index (κ2) is 3.48. The monoisotopic (exact) mass is 243 g/mol. The highest BCUT2D eigenvalue weighted by atomic mass is 35.5. The summed E-state index contributed by atoms with van der Waals surface area (Å²) in [6.07, 6.45) is 1.62. The molecule has 0 spiro atoms. The molecule has 2 heterocycles. The average Bonchev–Trinajstić information content (AvgIpc) is 2.52. The molecule has 2 atom stereocenters. The summed E-state index contributed by atoms with van der Waals surface area (Å²) in [5, 5.41) is 0.437. The van der Waals surface area contributed by atoms with E-state index in [1.54, 1.807) is 26.8 Å². The van der Waals surface area contributed by atoms with Crippen LogP contribution >= 0.6 is 11.6 Å². The van der Waals surface area contributed by atoms with Crippen molar-refractivity contribution in [2.75, 3.05) is 0 Å². The van der Waals surface area contributed by atoms with Crippen molar-refractivity contribution in [1.29, 1.82) is 0 Å². The van der Waals surface area contributed by atoms with Crippen molar-refractivity contribution in [2.24, 2.45) is 0 Å². The van der Waals surface area contributed by atoms with Gasteiger partial charge in [0.05, 0.1) is 6.04 Å². The lowest BCUT2D eigenvalue weighted by atomic mass is 10.1. The molecule has 0 N–H and O–H groups in total. The minimum atomic E-state index is -0.610. The third-order valence-electron chi connectivity index (χ3n) is 2.57. The molecule has 2 unspecified atom stereocenters. The van der Waals surface area contributed by atoms with E-state index in [-0.39, 0.29) is 11.8 Å². The maximum Gasteiger partial charge on any atom is 0.411 e. The molecular weight excluding hydrogens is 230 g/mol. The van der Waals surface area contributed by atoms with E-state index in [2.05, 4.69) is 0 Å². The molecule has 1 saturated heterocycles. The number of ketones is 1. The largest absolute Gasteiger partial charge is 0.444 e. The number of rotatable bonds is 0. The smallest absolute Gasteiger partial charge is 0.411 e. The van der Waals surface area contributed by atoms with Gasteiger partial charge in [0.1, 0.15) is 11.6 Å². The molecule has 4 nitrogen and oxygen atoms in total. The Morgan fingerprint density at radius 2 is 2.19 bits per heavy atom. The molecule has 0 aromatic carbocycles. The van der Waals surface area contributed by atoms with Gasteiger partial charge in [0.25, 0.3) is 0 Å². The topological polar surface area (TPSA) is 46.6 Å². The number of fused-ring (bicyclic) bond motifs is 2. The Balaban J connectivity index is 2.14. The normalized spacial score (nSPS) is 28.4. The van der Waals surface area contributed by atoms with E-state index in [1.807, 2.05) is 0 Å². The predicted molar refractivity (Wildman–Crippen MR) is 59.2 cm³/mol. The second-order valence-corrected chi connectivity index (χ2v) is 5.52. The summed E-state index contributed by atoms with van der Waals surface area (Å²) in [6.45, 7) is 5.37. The molecule has 1 amide bonds. The van der Waals surface area contributed by atoms with Crippen molar-refractivity contribution in [2.45, 2.75) is 44.9 Å². The summed E-state index contributed by atoms with van der Waals surface area (Å²) in [7, 11) is 0. The summed E-state index contributed by atoms with van der Waals surface area (Å²) in [5.74, 6) is -0.0108. The number of amides is 1. The summed E-state index contributed by atoms with van der Waals surface area (Å²) in [4.78, 5) is 24.9. The minimum Gasteiger partial charge on any atom is -0.444 e. The number of Topliss-reactive ketones (excluding diaryl/α,β-unsaturated/α-hetero) is 1. The van der Waals surface area contributed by atoms with Gasteiger partial charge in [-0.3, -0.25) is 9.69 Å². The van der Waals surface area contributed by atoms with Gasteiger partial charge in [-0.1, -0.05) is 11.6 Å². The van der Waals surface area contributed by atoms with Gasteiger partial charge >= 0.3 is 6.09 Å². The van der Waals surface area contributed by atoms with Crippen LogP contribution in [0.2, 0.25) is 0 Å². The van der Waals surface area contributed by atoms with Crippen molar-refractivity contribution in [3.05, 3.63) is 11.1 Å². The molecule has 2 rings (SSSR count). The molecule has 0 radical (unpaired) electrons. The quantitative estimate of drug-likeness (QED) is 0.654. The van der Waals surface area contributed by atoms with Gasteiger partial charge in [0.15, 0.2) is 5.78 Å². The molecule has 2 aliphatic heterocycles. The summed E-state index contributed by atoms with van der Waals surface area (Å²) in [5.41, 5.74) is -0.561. The Labute approximate surface area is 99.2 Å². The van der Waals surface area contributed by atoms with Gasteiger partial charge in [-0.05, 0) is 26.8 Å². The summed E-state index contributed by atoms with van der Waals surface area (Å²) < 4.78 is 5.24. The zero-order valence-electron chi connectivity index (χ0n) is 9.49. The van der Waals surface area contributed by atoms with Gasteiger partial charge in [-0.25, -0.2) is 4.79 Å². The zero-order chi connectivity index (χ0) is 12.1. The second-order valence-electron chi connectivity index (χ2n) is 5.08. The van der Waals surface area contributed by atoms with Crippen LogP contribution in [0, 0.1) is 0 Å². The number of carbonyl (C=O) groups is 2. The van der Waals surface area contributed by atoms with Gasteiger partial charge in [-0.15, -0.1) is 0 Å². The van der Waals surface area contributed by atoms with Crippen LogP contribution < -0.4 is 0 Å². The lowest BCUT2D eigenvalue weighted by Crippen LogP contribution is -2.41. The van der Waals surface area contributed by atoms with E-state index in [1.165, 1.54) is 4.90 Å².